The topological polar surface area (TPSA) is 18.5 Å². The normalized spacial score (nSPS) is 18.4. The molecule has 0 atom stereocenters. The van der Waals surface area contributed by atoms with Crippen LogP contribution in [0.5, 0.6) is 0 Å². The molecular weight excluding hydrogens is 252 g/mol. The maximum atomic E-state index is 6.40. The number of hydrogen-bond acceptors (Lipinski definition) is 2. The zero-order valence-corrected chi connectivity index (χ0v) is 13.5. The maximum absolute atomic E-state index is 6.40. The van der Waals surface area contributed by atoms with E-state index in [-0.39, 0.29) is 0 Å². The van der Waals surface area contributed by atoms with Gasteiger partial charge in [0.15, 0.2) is 0 Å². The predicted octanol–water partition coefficient (Wildman–Crippen LogP) is 4.58. The van der Waals surface area contributed by atoms with E-state index in [1.54, 1.807) is 0 Å². The van der Waals surface area contributed by atoms with Crippen molar-refractivity contribution in [2.75, 3.05) is 13.2 Å². The zero-order chi connectivity index (χ0) is 13.6. The smallest absolute Gasteiger partial charge is 0.388 e. The van der Waals surface area contributed by atoms with Crippen LogP contribution in [0.2, 0.25) is 0 Å². The van der Waals surface area contributed by atoms with E-state index in [4.69, 9.17) is 8.85 Å². The lowest BCUT2D eigenvalue weighted by molar-refractivity contribution is 0.174. The molecule has 0 radical (unpaired) electrons. The van der Waals surface area contributed by atoms with Gasteiger partial charge in [0.25, 0.3) is 0 Å². The van der Waals surface area contributed by atoms with Crippen molar-refractivity contribution >= 4 is 8.56 Å². The van der Waals surface area contributed by atoms with Crippen molar-refractivity contribution in [2.24, 2.45) is 0 Å². The maximum Gasteiger partial charge on any atom is 0.398 e. The van der Waals surface area contributed by atoms with Crippen LogP contribution in [0.1, 0.15) is 65.2 Å². The summed E-state index contributed by atoms with van der Waals surface area (Å²) in [5.41, 5.74) is 0. The van der Waals surface area contributed by atoms with Crippen LogP contribution in [0.4, 0.5) is 0 Å². The van der Waals surface area contributed by atoms with E-state index in [9.17, 15) is 0 Å². The van der Waals surface area contributed by atoms with Gasteiger partial charge in [-0.2, -0.15) is 0 Å². The SMILES string of the molecule is CCCCO[Si](OCCCC)(C1=CCC1)C1=CCC1. The van der Waals surface area contributed by atoms with Crippen molar-refractivity contribution in [2.45, 2.75) is 65.2 Å². The van der Waals surface area contributed by atoms with Crippen LogP contribution in [0.25, 0.3) is 0 Å². The van der Waals surface area contributed by atoms with Crippen LogP contribution >= 0.6 is 0 Å². The van der Waals surface area contributed by atoms with Gasteiger partial charge >= 0.3 is 8.56 Å². The van der Waals surface area contributed by atoms with Crippen LogP contribution in [0.15, 0.2) is 22.5 Å². The first-order valence-corrected chi connectivity index (χ1v) is 9.82. The third-order valence-corrected chi connectivity index (χ3v) is 7.88. The molecule has 2 rings (SSSR count). The van der Waals surface area contributed by atoms with Crippen molar-refractivity contribution in [1.82, 2.24) is 0 Å². The van der Waals surface area contributed by atoms with Gasteiger partial charge in [-0.3, -0.25) is 0 Å². The van der Waals surface area contributed by atoms with Gasteiger partial charge in [-0.1, -0.05) is 38.8 Å². The first kappa shape index (κ1) is 15.0. The van der Waals surface area contributed by atoms with Crippen molar-refractivity contribution in [1.29, 1.82) is 0 Å². The highest BCUT2D eigenvalue weighted by molar-refractivity contribution is 6.82. The minimum atomic E-state index is -2.18. The van der Waals surface area contributed by atoms with E-state index in [2.05, 4.69) is 26.0 Å². The summed E-state index contributed by atoms with van der Waals surface area (Å²) in [6.07, 6.45) is 14.2. The average Bonchev–Trinajstić information content (AvgIpc) is 2.25. The summed E-state index contributed by atoms with van der Waals surface area (Å²) < 4.78 is 12.8. The van der Waals surface area contributed by atoms with E-state index in [1.807, 2.05) is 0 Å². The predicted molar refractivity (Wildman–Crippen MR) is 82.1 cm³/mol. The third-order valence-electron chi connectivity index (χ3n) is 4.06. The van der Waals surface area contributed by atoms with Gasteiger partial charge in [0.2, 0.25) is 0 Å². The lowest BCUT2D eigenvalue weighted by Crippen LogP contribution is -2.50. The van der Waals surface area contributed by atoms with Crippen LogP contribution in [-0.2, 0) is 8.85 Å². The summed E-state index contributed by atoms with van der Waals surface area (Å²) in [4.78, 5) is 0. The fourth-order valence-electron chi connectivity index (χ4n) is 2.51. The molecule has 0 spiro atoms. The largest absolute Gasteiger partial charge is 0.398 e. The molecule has 0 saturated carbocycles. The second kappa shape index (κ2) is 7.41. The van der Waals surface area contributed by atoms with E-state index in [0.717, 1.165) is 26.1 Å². The summed E-state index contributed by atoms with van der Waals surface area (Å²) >= 11 is 0. The van der Waals surface area contributed by atoms with Gasteiger partial charge in [-0.25, -0.2) is 0 Å². The van der Waals surface area contributed by atoms with Crippen LogP contribution < -0.4 is 0 Å². The van der Waals surface area contributed by atoms with Gasteiger partial charge in [0.05, 0.1) is 0 Å². The molecule has 0 unspecified atom stereocenters. The standard InChI is InChI=1S/C16H28O2Si/c1-3-5-13-17-19(15-9-7-10-15,16-11-8-12-16)18-14-6-4-2/h9,11H,3-8,10,12-14H2,1-2H3. The molecule has 2 aliphatic carbocycles. The highest BCUT2D eigenvalue weighted by atomic mass is 28.4. The zero-order valence-electron chi connectivity index (χ0n) is 12.5. The molecule has 0 aromatic carbocycles. The van der Waals surface area contributed by atoms with E-state index >= 15 is 0 Å². The Morgan fingerprint density at radius 1 is 0.895 bits per heavy atom. The second-order valence-corrected chi connectivity index (χ2v) is 8.65. The van der Waals surface area contributed by atoms with Crippen LogP contribution in [0, 0.1) is 0 Å². The van der Waals surface area contributed by atoms with Gasteiger partial charge in [0, 0.05) is 13.2 Å². The Morgan fingerprint density at radius 2 is 1.32 bits per heavy atom. The highest BCUT2D eigenvalue weighted by Gasteiger charge is 2.48. The third kappa shape index (κ3) is 3.39. The molecule has 0 heterocycles. The van der Waals surface area contributed by atoms with Crippen molar-refractivity contribution < 1.29 is 8.85 Å². The fourth-order valence-corrected chi connectivity index (χ4v) is 6.39. The molecule has 3 heteroatoms. The molecule has 0 aromatic heterocycles. The summed E-state index contributed by atoms with van der Waals surface area (Å²) in [6, 6.07) is 0. The molecule has 108 valence electrons. The summed E-state index contributed by atoms with van der Waals surface area (Å²) in [5, 5.41) is 3.01. The number of rotatable bonds is 10. The molecular formula is C16H28O2Si. The van der Waals surface area contributed by atoms with Gasteiger partial charge in [0.1, 0.15) is 0 Å². The van der Waals surface area contributed by atoms with Crippen molar-refractivity contribution in [3.63, 3.8) is 0 Å². The Hall–Kier alpha value is -0.383. The number of allylic oxidation sites excluding steroid dienone is 4. The van der Waals surface area contributed by atoms with Crippen molar-refractivity contribution in [3.8, 4) is 0 Å². The van der Waals surface area contributed by atoms with Gasteiger partial charge < -0.3 is 8.85 Å². The molecule has 0 saturated heterocycles. The summed E-state index contributed by atoms with van der Waals surface area (Å²) in [6.45, 7) is 6.17. The molecule has 0 aromatic rings. The Kier molecular flexibility index (Phi) is 5.86. The Morgan fingerprint density at radius 3 is 1.58 bits per heavy atom. The Bertz CT molecular complexity index is 313. The number of hydrogen-bond donors (Lipinski definition) is 0. The first-order chi connectivity index (χ1) is 9.33. The highest BCUT2D eigenvalue weighted by Crippen LogP contribution is 2.40. The second-order valence-electron chi connectivity index (χ2n) is 5.56. The van der Waals surface area contributed by atoms with Gasteiger partial charge in [-0.05, 0) is 48.9 Å². The fraction of sp³-hybridized carbons (Fsp3) is 0.750. The average molecular weight is 280 g/mol. The van der Waals surface area contributed by atoms with Crippen LogP contribution in [0.3, 0.4) is 0 Å². The monoisotopic (exact) mass is 280 g/mol. The Labute approximate surface area is 119 Å². The lowest BCUT2D eigenvalue weighted by Gasteiger charge is -2.40. The molecule has 2 aliphatic rings. The molecule has 0 bridgehead atoms. The first-order valence-electron chi connectivity index (χ1n) is 8.00. The van der Waals surface area contributed by atoms with Crippen LogP contribution in [-0.4, -0.2) is 21.8 Å². The van der Waals surface area contributed by atoms with Gasteiger partial charge in [-0.15, -0.1) is 0 Å². The molecule has 0 amide bonds. The number of unbranched alkanes of at least 4 members (excludes halogenated alkanes) is 2. The molecule has 0 N–H and O–H groups in total. The Balaban J connectivity index is 2.07. The minimum Gasteiger partial charge on any atom is -0.388 e. The van der Waals surface area contributed by atoms with E-state index in [0.29, 0.717) is 0 Å². The molecule has 0 aliphatic heterocycles. The molecule has 0 fully saturated rings. The van der Waals surface area contributed by atoms with Crippen molar-refractivity contribution in [3.05, 3.63) is 22.5 Å². The molecule has 2 nitrogen and oxygen atoms in total. The quantitative estimate of drug-likeness (QED) is 0.431. The minimum absolute atomic E-state index is 0.865. The lowest BCUT2D eigenvalue weighted by atomic mass is 10.1. The van der Waals surface area contributed by atoms with E-state index < -0.39 is 8.56 Å². The van der Waals surface area contributed by atoms with E-state index in [1.165, 1.54) is 48.9 Å². The summed E-state index contributed by atoms with van der Waals surface area (Å²) in [5.74, 6) is 0. The summed E-state index contributed by atoms with van der Waals surface area (Å²) in [7, 11) is -2.18. The molecule has 19 heavy (non-hydrogen) atoms.